The van der Waals surface area contributed by atoms with Crippen LogP contribution in [-0.2, 0) is 11.2 Å². The number of nitrogens with one attached hydrogen (secondary N) is 2. The number of benzene rings is 1. The highest BCUT2D eigenvalue weighted by molar-refractivity contribution is 6.00. The van der Waals surface area contributed by atoms with Gasteiger partial charge in [0.05, 0.1) is 12.1 Å². The Morgan fingerprint density at radius 3 is 2.55 bits per heavy atom. The number of hydrogen-bond donors (Lipinski definition) is 2. The number of rotatable bonds is 5. The van der Waals surface area contributed by atoms with Crippen molar-refractivity contribution in [2.24, 2.45) is 0 Å². The van der Waals surface area contributed by atoms with Crippen LogP contribution >= 0.6 is 0 Å². The van der Waals surface area contributed by atoms with E-state index in [4.69, 9.17) is 4.42 Å². The van der Waals surface area contributed by atoms with Gasteiger partial charge in [-0.15, -0.1) is 0 Å². The zero-order valence-corrected chi connectivity index (χ0v) is 13.0. The molecule has 0 aliphatic rings. The molecule has 0 bridgehead atoms. The summed E-state index contributed by atoms with van der Waals surface area (Å²) >= 11 is 0. The van der Waals surface area contributed by atoms with Crippen LogP contribution in [0.1, 0.15) is 34.4 Å². The summed E-state index contributed by atoms with van der Waals surface area (Å²) in [6.45, 7) is 5.44. The minimum absolute atomic E-state index is 0.0828. The molecule has 0 saturated carbocycles. The fourth-order valence-electron chi connectivity index (χ4n) is 2.26. The highest BCUT2D eigenvalue weighted by Crippen LogP contribution is 2.15. The van der Waals surface area contributed by atoms with Crippen molar-refractivity contribution in [1.29, 1.82) is 0 Å². The van der Waals surface area contributed by atoms with Crippen molar-refractivity contribution in [2.75, 3.05) is 11.9 Å². The molecule has 0 saturated heterocycles. The van der Waals surface area contributed by atoms with Crippen LogP contribution < -0.4 is 10.6 Å². The second-order valence-corrected chi connectivity index (χ2v) is 5.07. The number of para-hydroxylation sites is 1. The second kappa shape index (κ2) is 6.93. The molecule has 0 radical (unpaired) electrons. The molecule has 0 aliphatic heterocycles. The Kier molecular flexibility index (Phi) is 4.99. The number of anilines is 1. The lowest BCUT2D eigenvalue weighted by Crippen LogP contribution is -2.33. The minimum atomic E-state index is -0.312. The van der Waals surface area contributed by atoms with Crippen LogP contribution in [0.4, 0.5) is 5.69 Å². The summed E-state index contributed by atoms with van der Waals surface area (Å²) in [6.07, 6.45) is 0.830. The van der Waals surface area contributed by atoms with E-state index < -0.39 is 0 Å². The summed E-state index contributed by atoms with van der Waals surface area (Å²) in [6, 6.07) is 9.27. The fourth-order valence-corrected chi connectivity index (χ4v) is 2.26. The summed E-state index contributed by atoms with van der Waals surface area (Å²) in [5, 5.41) is 5.41. The molecule has 0 atom stereocenters. The molecule has 2 rings (SSSR count). The molecule has 2 N–H and O–H groups in total. The fraction of sp³-hybridized carbons (Fsp3) is 0.294. The molecule has 0 unspecified atom stereocenters. The zero-order valence-electron chi connectivity index (χ0n) is 13.0. The lowest BCUT2D eigenvalue weighted by atomic mass is 10.1. The van der Waals surface area contributed by atoms with Gasteiger partial charge in [0, 0.05) is 5.69 Å². The first-order valence-corrected chi connectivity index (χ1v) is 7.24. The normalized spacial score (nSPS) is 10.3. The summed E-state index contributed by atoms with van der Waals surface area (Å²) in [5.74, 6) is 0.649. The van der Waals surface area contributed by atoms with Crippen LogP contribution in [0, 0.1) is 13.8 Å². The number of amides is 2. The predicted molar refractivity (Wildman–Crippen MR) is 85.0 cm³/mol. The Labute approximate surface area is 129 Å². The van der Waals surface area contributed by atoms with Crippen LogP contribution in [0.15, 0.2) is 34.7 Å². The molecule has 22 heavy (non-hydrogen) atoms. The summed E-state index contributed by atoms with van der Waals surface area (Å²) < 4.78 is 5.31. The molecule has 1 aromatic carbocycles. The van der Waals surface area contributed by atoms with Gasteiger partial charge in [-0.1, -0.05) is 25.1 Å². The molecule has 0 fully saturated rings. The zero-order chi connectivity index (χ0) is 16.1. The van der Waals surface area contributed by atoms with Gasteiger partial charge in [0.15, 0.2) is 0 Å². The summed E-state index contributed by atoms with van der Waals surface area (Å²) in [5.41, 5.74) is 2.29. The van der Waals surface area contributed by atoms with Gasteiger partial charge >= 0.3 is 0 Å². The topological polar surface area (TPSA) is 71.3 Å². The van der Waals surface area contributed by atoms with Crippen molar-refractivity contribution in [3.05, 3.63) is 53.0 Å². The van der Waals surface area contributed by atoms with Gasteiger partial charge < -0.3 is 15.1 Å². The SMILES string of the molecule is CCc1ccccc1NC(=O)CNC(=O)c1cc(C)oc1C. The van der Waals surface area contributed by atoms with Gasteiger partial charge in [0.2, 0.25) is 5.91 Å². The van der Waals surface area contributed by atoms with Gasteiger partial charge in [-0.3, -0.25) is 9.59 Å². The van der Waals surface area contributed by atoms with E-state index in [2.05, 4.69) is 10.6 Å². The van der Waals surface area contributed by atoms with E-state index in [9.17, 15) is 9.59 Å². The van der Waals surface area contributed by atoms with Gasteiger partial charge in [0.25, 0.3) is 5.91 Å². The van der Waals surface area contributed by atoms with Crippen molar-refractivity contribution in [3.63, 3.8) is 0 Å². The van der Waals surface area contributed by atoms with Crippen molar-refractivity contribution < 1.29 is 14.0 Å². The van der Waals surface area contributed by atoms with Crippen molar-refractivity contribution in [1.82, 2.24) is 5.32 Å². The Hall–Kier alpha value is -2.56. The number of carbonyl (C=O) groups excluding carboxylic acids is 2. The van der Waals surface area contributed by atoms with E-state index in [-0.39, 0.29) is 18.4 Å². The van der Waals surface area contributed by atoms with E-state index in [1.807, 2.05) is 31.2 Å². The van der Waals surface area contributed by atoms with Crippen LogP contribution in [0.5, 0.6) is 0 Å². The number of aryl methyl sites for hydroxylation is 3. The molecule has 1 heterocycles. The molecule has 0 aliphatic carbocycles. The van der Waals surface area contributed by atoms with Crippen molar-refractivity contribution >= 4 is 17.5 Å². The van der Waals surface area contributed by atoms with Crippen LogP contribution in [-0.4, -0.2) is 18.4 Å². The van der Waals surface area contributed by atoms with Crippen LogP contribution in [0.25, 0.3) is 0 Å². The van der Waals surface area contributed by atoms with E-state index in [0.717, 1.165) is 17.7 Å². The van der Waals surface area contributed by atoms with Gasteiger partial charge in [0.1, 0.15) is 11.5 Å². The van der Waals surface area contributed by atoms with E-state index in [1.165, 1.54) is 0 Å². The lowest BCUT2D eigenvalue weighted by molar-refractivity contribution is -0.115. The smallest absolute Gasteiger partial charge is 0.255 e. The Morgan fingerprint density at radius 2 is 1.91 bits per heavy atom. The maximum Gasteiger partial charge on any atom is 0.255 e. The third-order valence-corrected chi connectivity index (χ3v) is 3.37. The molecule has 2 amide bonds. The highest BCUT2D eigenvalue weighted by Gasteiger charge is 2.14. The Morgan fingerprint density at radius 1 is 1.18 bits per heavy atom. The minimum Gasteiger partial charge on any atom is -0.466 e. The Bertz CT molecular complexity index is 689. The van der Waals surface area contributed by atoms with E-state index in [1.54, 1.807) is 19.9 Å². The maximum absolute atomic E-state index is 12.0. The summed E-state index contributed by atoms with van der Waals surface area (Å²) in [4.78, 5) is 24.0. The maximum atomic E-state index is 12.0. The monoisotopic (exact) mass is 300 g/mol. The largest absolute Gasteiger partial charge is 0.466 e. The lowest BCUT2D eigenvalue weighted by Gasteiger charge is -2.10. The first kappa shape index (κ1) is 15.8. The summed E-state index contributed by atoms with van der Waals surface area (Å²) in [7, 11) is 0. The molecule has 2 aromatic rings. The Balaban J connectivity index is 1.93. The van der Waals surface area contributed by atoms with Crippen molar-refractivity contribution in [2.45, 2.75) is 27.2 Å². The molecule has 5 nitrogen and oxygen atoms in total. The number of furan rings is 1. The molecule has 0 spiro atoms. The quantitative estimate of drug-likeness (QED) is 0.892. The molecule has 1 aromatic heterocycles. The predicted octanol–water partition coefficient (Wildman–Crippen LogP) is 2.83. The number of hydrogen-bond acceptors (Lipinski definition) is 3. The van der Waals surface area contributed by atoms with E-state index >= 15 is 0 Å². The van der Waals surface area contributed by atoms with E-state index in [0.29, 0.717) is 17.1 Å². The number of carbonyl (C=O) groups is 2. The van der Waals surface area contributed by atoms with Gasteiger partial charge in [-0.25, -0.2) is 0 Å². The second-order valence-electron chi connectivity index (χ2n) is 5.07. The van der Waals surface area contributed by atoms with Crippen LogP contribution in [0.2, 0.25) is 0 Å². The third kappa shape index (κ3) is 3.75. The highest BCUT2D eigenvalue weighted by atomic mass is 16.3. The molecule has 116 valence electrons. The van der Waals surface area contributed by atoms with Crippen molar-refractivity contribution in [3.8, 4) is 0 Å². The van der Waals surface area contributed by atoms with Crippen LogP contribution in [0.3, 0.4) is 0 Å². The first-order valence-electron chi connectivity index (χ1n) is 7.24. The first-order chi connectivity index (χ1) is 10.5. The average Bonchev–Trinajstić information content (AvgIpc) is 2.84. The average molecular weight is 300 g/mol. The molecular formula is C17H20N2O3. The third-order valence-electron chi connectivity index (χ3n) is 3.37. The molecule has 5 heteroatoms. The standard InChI is InChI=1S/C17H20N2O3/c1-4-13-7-5-6-8-15(13)19-16(20)10-18-17(21)14-9-11(2)22-12(14)3/h5-9H,4,10H2,1-3H3,(H,18,21)(H,19,20). The van der Waals surface area contributed by atoms with Gasteiger partial charge in [-0.2, -0.15) is 0 Å². The molecular weight excluding hydrogens is 280 g/mol. The van der Waals surface area contributed by atoms with Gasteiger partial charge in [-0.05, 0) is 38.0 Å².